The van der Waals surface area contributed by atoms with E-state index in [1.807, 2.05) is 24.3 Å². The van der Waals surface area contributed by atoms with Crippen molar-refractivity contribution in [2.75, 3.05) is 18.4 Å². The number of nitrogens with zero attached hydrogens (tertiary/aromatic N) is 2. The van der Waals surface area contributed by atoms with E-state index in [4.69, 9.17) is 5.26 Å². The Bertz CT molecular complexity index is 772. The van der Waals surface area contributed by atoms with Crippen molar-refractivity contribution in [1.29, 1.82) is 5.26 Å². The fraction of sp³-hybridized carbons (Fsp3) is 0.333. The van der Waals surface area contributed by atoms with Crippen molar-refractivity contribution in [2.45, 2.75) is 25.8 Å². The maximum Gasteiger partial charge on any atom is 0.227 e. The summed E-state index contributed by atoms with van der Waals surface area (Å²) in [6, 6.07) is 18.0. The number of carbonyl (C=O) groups is 1. The topological polar surface area (TPSA) is 56.1 Å². The Morgan fingerprint density at radius 2 is 1.69 bits per heavy atom. The molecule has 5 heteroatoms. The molecule has 134 valence electrons. The van der Waals surface area contributed by atoms with Crippen LogP contribution in [-0.2, 0) is 17.8 Å². The Balaban J connectivity index is 1.47. The number of nitrogens with one attached hydrogen (secondary N) is 1. The number of carbonyl (C=O) groups excluding carboxylic acids is 1. The predicted octanol–water partition coefficient (Wildman–Crippen LogP) is 4.37. The average Bonchev–Trinajstić information content (AvgIpc) is 2.66. The highest BCUT2D eigenvalue weighted by Crippen LogP contribution is 2.22. The van der Waals surface area contributed by atoms with Gasteiger partial charge in [-0.25, -0.2) is 0 Å². The zero-order chi connectivity index (χ0) is 18.4. The van der Waals surface area contributed by atoms with E-state index in [1.54, 1.807) is 0 Å². The lowest BCUT2D eigenvalue weighted by Gasteiger charge is -2.31. The van der Waals surface area contributed by atoms with Crippen LogP contribution < -0.4 is 5.32 Å². The molecule has 1 heterocycles. The van der Waals surface area contributed by atoms with Gasteiger partial charge in [-0.05, 0) is 61.3 Å². The minimum Gasteiger partial charge on any atom is -0.326 e. The lowest BCUT2D eigenvalue weighted by Crippen LogP contribution is -2.37. The number of rotatable bonds is 5. The van der Waals surface area contributed by atoms with Crippen LogP contribution in [0, 0.1) is 17.2 Å². The summed E-state index contributed by atoms with van der Waals surface area (Å²) in [5.74, 6) is 0.163. The van der Waals surface area contributed by atoms with Gasteiger partial charge in [-0.1, -0.05) is 40.2 Å². The third-order valence-electron chi connectivity index (χ3n) is 4.78. The molecule has 0 bridgehead atoms. The Morgan fingerprint density at radius 1 is 1.08 bits per heavy atom. The number of nitriles is 1. The molecule has 0 saturated carbocycles. The maximum absolute atomic E-state index is 12.5. The second kappa shape index (κ2) is 8.98. The molecule has 0 spiro atoms. The van der Waals surface area contributed by atoms with Crippen LogP contribution in [0.5, 0.6) is 0 Å². The van der Waals surface area contributed by atoms with E-state index in [9.17, 15) is 4.79 Å². The smallest absolute Gasteiger partial charge is 0.227 e. The third-order valence-corrected chi connectivity index (χ3v) is 5.31. The van der Waals surface area contributed by atoms with Gasteiger partial charge in [0, 0.05) is 22.6 Å². The highest BCUT2D eigenvalue weighted by molar-refractivity contribution is 9.10. The van der Waals surface area contributed by atoms with Crippen molar-refractivity contribution in [3.05, 3.63) is 64.1 Å². The Kier molecular flexibility index (Phi) is 6.43. The molecule has 26 heavy (non-hydrogen) atoms. The Morgan fingerprint density at radius 3 is 2.31 bits per heavy atom. The van der Waals surface area contributed by atoms with Crippen LogP contribution in [0.1, 0.15) is 24.0 Å². The lowest BCUT2D eigenvalue weighted by atomic mass is 9.95. The number of halogens is 1. The van der Waals surface area contributed by atoms with Crippen molar-refractivity contribution in [3.63, 3.8) is 0 Å². The monoisotopic (exact) mass is 411 g/mol. The van der Waals surface area contributed by atoms with Crippen LogP contribution in [0.2, 0.25) is 0 Å². The van der Waals surface area contributed by atoms with Gasteiger partial charge >= 0.3 is 0 Å². The number of hydrogen-bond acceptors (Lipinski definition) is 3. The first-order valence-electron chi connectivity index (χ1n) is 8.87. The molecule has 2 aromatic carbocycles. The summed E-state index contributed by atoms with van der Waals surface area (Å²) in [5.41, 5.74) is 3.06. The number of piperidine rings is 1. The third kappa shape index (κ3) is 5.17. The molecule has 2 aromatic rings. The normalized spacial score (nSPS) is 15.4. The highest BCUT2D eigenvalue weighted by Gasteiger charge is 2.25. The minimum atomic E-state index is 0.0648. The summed E-state index contributed by atoms with van der Waals surface area (Å²) in [4.78, 5) is 14.9. The average molecular weight is 412 g/mol. The van der Waals surface area contributed by atoms with Crippen molar-refractivity contribution in [2.24, 2.45) is 5.92 Å². The van der Waals surface area contributed by atoms with E-state index in [2.05, 4.69) is 56.5 Å². The number of hydrogen-bond donors (Lipinski definition) is 1. The first-order chi connectivity index (χ1) is 12.6. The van der Waals surface area contributed by atoms with Crippen LogP contribution in [-0.4, -0.2) is 23.9 Å². The lowest BCUT2D eigenvalue weighted by molar-refractivity contribution is -0.121. The van der Waals surface area contributed by atoms with Gasteiger partial charge in [0.2, 0.25) is 5.91 Å². The molecule has 0 aromatic heterocycles. The zero-order valence-electron chi connectivity index (χ0n) is 14.6. The number of amides is 1. The molecule has 3 rings (SSSR count). The minimum absolute atomic E-state index is 0.0648. The van der Waals surface area contributed by atoms with Crippen LogP contribution in [0.15, 0.2) is 53.0 Å². The van der Waals surface area contributed by atoms with Crippen LogP contribution in [0.4, 0.5) is 5.69 Å². The van der Waals surface area contributed by atoms with Gasteiger partial charge < -0.3 is 5.32 Å². The van der Waals surface area contributed by atoms with Gasteiger partial charge in [0.25, 0.3) is 0 Å². The molecule has 1 aliphatic rings. The summed E-state index contributed by atoms with van der Waals surface area (Å²) in [6.07, 6.45) is 2.16. The van der Waals surface area contributed by atoms with Gasteiger partial charge in [0.15, 0.2) is 0 Å². The second-order valence-electron chi connectivity index (χ2n) is 6.70. The van der Waals surface area contributed by atoms with Gasteiger partial charge in [0.1, 0.15) is 0 Å². The highest BCUT2D eigenvalue weighted by atomic mass is 79.9. The summed E-state index contributed by atoms with van der Waals surface area (Å²) >= 11 is 3.46. The largest absolute Gasteiger partial charge is 0.326 e. The molecule has 0 atom stereocenters. The summed E-state index contributed by atoms with van der Waals surface area (Å²) in [5, 5.41) is 11.7. The fourth-order valence-electron chi connectivity index (χ4n) is 3.24. The molecule has 1 saturated heterocycles. The van der Waals surface area contributed by atoms with E-state index in [0.717, 1.165) is 48.2 Å². The quantitative estimate of drug-likeness (QED) is 0.794. The number of likely N-dealkylation sites (tertiary alicyclic amines) is 1. The predicted molar refractivity (Wildman–Crippen MR) is 107 cm³/mol. The molecule has 0 aliphatic carbocycles. The van der Waals surface area contributed by atoms with Crippen LogP contribution in [0.25, 0.3) is 0 Å². The number of benzene rings is 2. The first-order valence-corrected chi connectivity index (χ1v) is 9.67. The molecular weight excluding hydrogens is 390 g/mol. The van der Waals surface area contributed by atoms with Crippen molar-refractivity contribution in [1.82, 2.24) is 4.90 Å². The van der Waals surface area contributed by atoms with Crippen molar-refractivity contribution < 1.29 is 4.79 Å². The molecule has 1 amide bonds. The van der Waals surface area contributed by atoms with Gasteiger partial charge in [-0.2, -0.15) is 5.26 Å². The second-order valence-corrected chi connectivity index (χ2v) is 7.61. The summed E-state index contributed by atoms with van der Waals surface area (Å²) < 4.78 is 1.09. The van der Waals surface area contributed by atoms with E-state index in [-0.39, 0.29) is 11.8 Å². The first kappa shape index (κ1) is 18.6. The molecule has 0 radical (unpaired) electrons. The van der Waals surface area contributed by atoms with E-state index in [0.29, 0.717) is 6.42 Å². The Labute approximate surface area is 162 Å². The maximum atomic E-state index is 12.5. The molecular formula is C21H22BrN3O. The molecule has 1 fully saturated rings. The zero-order valence-corrected chi connectivity index (χ0v) is 16.2. The molecule has 1 N–H and O–H groups in total. The molecule has 4 nitrogen and oxygen atoms in total. The summed E-state index contributed by atoms with van der Waals surface area (Å²) in [7, 11) is 0. The van der Waals surface area contributed by atoms with Crippen LogP contribution in [0.3, 0.4) is 0 Å². The summed E-state index contributed by atoms with van der Waals surface area (Å²) in [6.45, 7) is 2.81. The fourth-order valence-corrected chi connectivity index (χ4v) is 3.51. The van der Waals surface area contributed by atoms with Gasteiger partial charge in [0.05, 0.1) is 12.5 Å². The van der Waals surface area contributed by atoms with Gasteiger partial charge in [-0.3, -0.25) is 9.69 Å². The van der Waals surface area contributed by atoms with Crippen molar-refractivity contribution in [3.8, 4) is 6.07 Å². The van der Waals surface area contributed by atoms with Gasteiger partial charge in [-0.15, -0.1) is 0 Å². The molecule has 0 unspecified atom stereocenters. The standard InChI is InChI=1S/C21H22BrN3O/c22-19-5-1-17(2-6-19)15-25-13-10-18(11-14-25)21(26)24-20-7-3-16(4-8-20)9-12-23/h1-8,18H,9-11,13-15H2,(H,24,26). The van der Waals surface area contributed by atoms with E-state index in [1.165, 1.54) is 5.56 Å². The Hall–Kier alpha value is -2.16. The van der Waals surface area contributed by atoms with E-state index >= 15 is 0 Å². The SMILES string of the molecule is N#CCc1ccc(NC(=O)C2CCN(Cc3ccc(Br)cc3)CC2)cc1. The van der Waals surface area contributed by atoms with E-state index < -0.39 is 0 Å². The number of anilines is 1. The van der Waals surface area contributed by atoms with Crippen molar-refractivity contribution >= 4 is 27.5 Å². The van der Waals surface area contributed by atoms with Crippen LogP contribution >= 0.6 is 15.9 Å². The molecule has 1 aliphatic heterocycles.